The average Bonchev–Trinajstić information content (AvgIpc) is 1.62. The van der Waals surface area contributed by atoms with E-state index in [0.29, 0.717) is 34.5 Å². The van der Waals surface area contributed by atoms with Gasteiger partial charge in [-0.3, -0.25) is 0 Å². The van der Waals surface area contributed by atoms with Gasteiger partial charge in [0, 0.05) is 56.6 Å². The van der Waals surface area contributed by atoms with Gasteiger partial charge in [-0.15, -0.1) is 0 Å². The third-order valence-corrected chi connectivity index (χ3v) is 17.8. The zero-order valence-corrected chi connectivity index (χ0v) is 53.0. The molecular formula is C81H68N4O8. The van der Waals surface area contributed by atoms with Gasteiger partial charge in [-0.2, -0.15) is 0 Å². The average molecular weight is 1230 g/mol. The summed E-state index contributed by atoms with van der Waals surface area (Å²) in [7, 11) is 13.6. The van der Waals surface area contributed by atoms with Crippen molar-refractivity contribution in [2.24, 2.45) is 5.41 Å². The number of nitrogens with zero attached hydrogens (tertiary/aromatic N) is 4. The van der Waals surface area contributed by atoms with Crippen molar-refractivity contribution in [3.63, 3.8) is 0 Å². The molecular weight excluding hydrogens is 1160 g/mol. The second kappa shape index (κ2) is 24.9. The van der Waals surface area contributed by atoms with Gasteiger partial charge in [-0.25, -0.2) is 0 Å². The zero-order valence-electron chi connectivity index (χ0n) is 53.0. The summed E-state index contributed by atoms with van der Waals surface area (Å²) in [6.07, 6.45) is 11.8. The molecule has 0 amide bonds. The lowest BCUT2D eigenvalue weighted by atomic mass is 9.61. The predicted molar refractivity (Wildman–Crippen MR) is 375 cm³/mol. The van der Waals surface area contributed by atoms with E-state index in [1.165, 1.54) is 0 Å². The van der Waals surface area contributed by atoms with Crippen LogP contribution in [0.5, 0.6) is 46.0 Å². The maximum absolute atomic E-state index is 5.99. The minimum atomic E-state index is -1.17. The van der Waals surface area contributed by atoms with Crippen molar-refractivity contribution in [3.05, 3.63) is 305 Å². The van der Waals surface area contributed by atoms with E-state index in [1.54, 1.807) is 56.9 Å². The SMILES string of the molecule is COc1ccc(N(C2=C3C(=Cc4cccc(N(c5ccc(OC)cc5)c5ccc(OC)cc5)c43)C3(C=CC=C4C3=Cc3ccccc34)C(N(c3ccc(OC)cc3)c3ccc(OC)cc3)=C2N(c2ccc(OC)cc2)c2ccc(OC)cc2)c2ccc(OC)cc2)cc1. The first kappa shape index (κ1) is 58.9. The Hall–Kier alpha value is -11.8. The molecule has 0 saturated carbocycles. The third kappa shape index (κ3) is 10.3. The summed E-state index contributed by atoms with van der Waals surface area (Å²) in [4.78, 5) is 9.60. The van der Waals surface area contributed by atoms with Gasteiger partial charge in [-0.05, 0) is 246 Å². The van der Waals surface area contributed by atoms with Crippen LogP contribution < -0.4 is 57.5 Å². The van der Waals surface area contributed by atoms with E-state index in [0.717, 1.165) is 124 Å². The summed E-state index contributed by atoms with van der Waals surface area (Å²) < 4.78 is 47.5. The topological polar surface area (TPSA) is 86.8 Å². The minimum absolute atomic E-state index is 0.702. The largest absolute Gasteiger partial charge is 0.497 e. The quantitative estimate of drug-likeness (QED) is 0.0728. The lowest BCUT2D eigenvalue weighted by molar-refractivity contribution is 0.414. The van der Waals surface area contributed by atoms with Crippen LogP contribution in [0.25, 0.3) is 23.3 Å². The van der Waals surface area contributed by atoms with Crippen molar-refractivity contribution in [2.45, 2.75) is 0 Å². The second-order valence-electron chi connectivity index (χ2n) is 22.5. The molecule has 460 valence electrons. The van der Waals surface area contributed by atoms with Crippen molar-refractivity contribution >= 4 is 74.5 Å². The Morgan fingerprint density at radius 3 is 0.989 bits per heavy atom. The molecule has 10 aromatic rings. The van der Waals surface area contributed by atoms with E-state index in [4.69, 9.17) is 37.9 Å². The molecule has 0 bridgehead atoms. The van der Waals surface area contributed by atoms with E-state index in [2.05, 4.69) is 190 Å². The highest BCUT2D eigenvalue weighted by atomic mass is 16.5. The van der Waals surface area contributed by atoms with Crippen molar-refractivity contribution in [1.29, 1.82) is 0 Å². The normalized spacial score (nSPS) is 14.8. The monoisotopic (exact) mass is 1220 g/mol. The first-order valence-electron chi connectivity index (χ1n) is 30.6. The number of anilines is 9. The van der Waals surface area contributed by atoms with Crippen LogP contribution in [-0.2, 0) is 0 Å². The fourth-order valence-corrected chi connectivity index (χ4v) is 13.4. The Labute approximate surface area is 542 Å². The van der Waals surface area contributed by atoms with Crippen LogP contribution >= 0.6 is 0 Å². The number of hydrogen-bond acceptors (Lipinski definition) is 12. The molecule has 0 N–H and O–H groups in total. The van der Waals surface area contributed by atoms with Crippen molar-refractivity contribution < 1.29 is 37.9 Å². The van der Waals surface area contributed by atoms with Crippen LogP contribution in [0.2, 0.25) is 0 Å². The Balaban J connectivity index is 1.25. The molecule has 4 aliphatic carbocycles. The molecule has 10 aromatic carbocycles. The van der Waals surface area contributed by atoms with Gasteiger partial charge in [-0.1, -0.05) is 54.6 Å². The molecule has 14 rings (SSSR count). The molecule has 93 heavy (non-hydrogen) atoms. The summed E-state index contributed by atoms with van der Waals surface area (Å²) in [5.74, 6) is 5.71. The maximum atomic E-state index is 5.99. The molecule has 0 aromatic heterocycles. The highest BCUT2D eigenvalue weighted by Gasteiger charge is 2.56. The summed E-state index contributed by atoms with van der Waals surface area (Å²) in [6.45, 7) is 0. The van der Waals surface area contributed by atoms with E-state index in [1.807, 2.05) is 97.1 Å². The van der Waals surface area contributed by atoms with Gasteiger partial charge < -0.3 is 57.5 Å². The van der Waals surface area contributed by atoms with Crippen LogP contribution in [-0.4, -0.2) is 56.9 Å². The summed E-state index contributed by atoms with van der Waals surface area (Å²) >= 11 is 0. The molecule has 4 aliphatic rings. The van der Waals surface area contributed by atoms with Crippen LogP contribution in [0.3, 0.4) is 0 Å². The fraction of sp³-hybridized carbons (Fsp3) is 0.111. The van der Waals surface area contributed by atoms with Gasteiger partial charge in [0.05, 0.1) is 85.1 Å². The molecule has 1 unspecified atom stereocenters. The predicted octanol–water partition coefficient (Wildman–Crippen LogP) is 19.1. The lowest BCUT2D eigenvalue weighted by Gasteiger charge is -2.51. The molecule has 0 heterocycles. The summed E-state index contributed by atoms with van der Waals surface area (Å²) in [6, 6.07) is 82.0. The molecule has 12 heteroatoms. The highest BCUT2D eigenvalue weighted by molar-refractivity contribution is 6.13. The Kier molecular flexibility index (Phi) is 15.8. The highest BCUT2D eigenvalue weighted by Crippen LogP contribution is 2.68. The van der Waals surface area contributed by atoms with Crippen molar-refractivity contribution in [2.75, 3.05) is 76.5 Å². The second-order valence-corrected chi connectivity index (χ2v) is 22.5. The van der Waals surface area contributed by atoms with Crippen LogP contribution in [0, 0.1) is 5.41 Å². The van der Waals surface area contributed by atoms with Gasteiger partial charge in [0.15, 0.2) is 0 Å². The smallest absolute Gasteiger partial charge is 0.119 e. The Bertz CT molecular complexity index is 4420. The van der Waals surface area contributed by atoms with Crippen LogP contribution in [0.15, 0.2) is 283 Å². The molecule has 0 fully saturated rings. The Morgan fingerprint density at radius 1 is 0.290 bits per heavy atom. The molecule has 0 saturated heterocycles. The van der Waals surface area contributed by atoms with E-state index in [9.17, 15) is 0 Å². The van der Waals surface area contributed by atoms with Gasteiger partial charge in [0.25, 0.3) is 0 Å². The van der Waals surface area contributed by atoms with E-state index < -0.39 is 5.41 Å². The van der Waals surface area contributed by atoms with Gasteiger partial charge >= 0.3 is 0 Å². The number of hydrogen-bond donors (Lipinski definition) is 0. The zero-order chi connectivity index (χ0) is 63.7. The molecule has 1 atom stereocenters. The standard InChI is InChI=1S/C81H68N4O8/c1-86-63-34-18-55(19-35-63)82(56-20-36-64(87-2)37-21-56)75-17-11-14-54-52-74-77(76(54)75)78(83(57-22-38-65(88-3)39-23-57)58-24-40-66(89-4)41-25-58)79(84(59-26-42-67(90-5)43-27-59)60-28-44-68(91-6)45-29-60)80(81(74)50-12-16-72-71-15-10-9-13-53(71)51-73(72)81)85(61-30-46-69(92-7)47-31-61)62-32-48-70(93-8)49-33-62/h9-52H,1-8H3. The first-order chi connectivity index (χ1) is 45.7. The number of rotatable bonds is 20. The minimum Gasteiger partial charge on any atom is -0.497 e. The maximum Gasteiger partial charge on any atom is 0.119 e. The Morgan fingerprint density at radius 2 is 0.613 bits per heavy atom. The number of methoxy groups -OCH3 is 8. The van der Waals surface area contributed by atoms with Crippen molar-refractivity contribution in [3.8, 4) is 46.0 Å². The summed E-state index contributed by atoms with van der Waals surface area (Å²) in [5.41, 5.74) is 17.7. The van der Waals surface area contributed by atoms with E-state index >= 15 is 0 Å². The first-order valence-corrected chi connectivity index (χ1v) is 30.6. The third-order valence-electron chi connectivity index (χ3n) is 17.8. The number of ether oxygens (including phenoxy) is 8. The lowest BCUT2D eigenvalue weighted by Crippen LogP contribution is -2.44. The van der Waals surface area contributed by atoms with Crippen LogP contribution in [0.4, 0.5) is 51.2 Å². The number of benzene rings is 10. The molecule has 0 aliphatic heterocycles. The molecule has 0 radical (unpaired) electrons. The van der Waals surface area contributed by atoms with Crippen molar-refractivity contribution in [1.82, 2.24) is 0 Å². The van der Waals surface area contributed by atoms with E-state index in [-0.39, 0.29) is 0 Å². The number of fused-ring (bicyclic) bond motifs is 8. The fourth-order valence-electron chi connectivity index (χ4n) is 13.4. The molecule has 12 nitrogen and oxygen atoms in total. The molecule has 1 spiro atoms. The number of allylic oxidation sites excluding steroid dienone is 5. The van der Waals surface area contributed by atoms with Gasteiger partial charge in [0.1, 0.15) is 46.0 Å². The van der Waals surface area contributed by atoms with Crippen LogP contribution in [0.1, 0.15) is 22.3 Å². The van der Waals surface area contributed by atoms with Gasteiger partial charge in [0.2, 0.25) is 0 Å². The summed E-state index contributed by atoms with van der Waals surface area (Å²) in [5, 5.41) is 0.